The van der Waals surface area contributed by atoms with Crippen LogP contribution in [0.25, 0.3) is 0 Å². The molecule has 5 nitrogen and oxygen atoms in total. The van der Waals surface area contributed by atoms with Crippen molar-refractivity contribution in [3.8, 4) is 0 Å². The van der Waals surface area contributed by atoms with Crippen LogP contribution in [-0.2, 0) is 14.3 Å². The van der Waals surface area contributed by atoms with Gasteiger partial charge < -0.3 is 15.2 Å². The van der Waals surface area contributed by atoms with E-state index in [2.05, 4.69) is 5.32 Å². The van der Waals surface area contributed by atoms with Crippen LogP contribution in [0, 0.1) is 5.92 Å². The van der Waals surface area contributed by atoms with Gasteiger partial charge in [0.25, 0.3) is 0 Å². The highest BCUT2D eigenvalue weighted by molar-refractivity contribution is 5.83. The fourth-order valence-corrected chi connectivity index (χ4v) is 1.63. The van der Waals surface area contributed by atoms with Crippen LogP contribution in [0.1, 0.15) is 45.4 Å². The molecular formula is C13H23NO4. The average molecular weight is 257 g/mol. The lowest BCUT2D eigenvalue weighted by atomic mass is 10.1. The van der Waals surface area contributed by atoms with Gasteiger partial charge in [-0.2, -0.15) is 0 Å². The Morgan fingerprint density at radius 2 is 2.17 bits per heavy atom. The van der Waals surface area contributed by atoms with Crippen molar-refractivity contribution < 1.29 is 19.4 Å². The van der Waals surface area contributed by atoms with Crippen LogP contribution in [0.5, 0.6) is 0 Å². The normalized spacial score (nSPS) is 16.3. The maximum Gasteiger partial charge on any atom is 0.326 e. The van der Waals surface area contributed by atoms with Crippen molar-refractivity contribution in [1.29, 1.82) is 0 Å². The maximum absolute atomic E-state index is 11.5. The Morgan fingerprint density at radius 1 is 1.44 bits per heavy atom. The van der Waals surface area contributed by atoms with Crippen molar-refractivity contribution in [2.75, 3.05) is 13.2 Å². The summed E-state index contributed by atoms with van der Waals surface area (Å²) < 4.78 is 5.34. The van der Waals surface area contributed by atoms with E-state index in [-0.39, 0.29) is 12.3 Å². The lowest BCUT2D eigenvalue weighted by molar-refractivity contribution is -0.142. The molecule has 0 saturated heterocycles. The van der Waals surface area contributed by atoms with Crippen molar-refractivity contribution >= 4 is 11.9 Å². The molecule has 0 heterocycles. The first-order valence-electron chi connectivity index (χ1n) is 6.73. The van der Waals surface area contributed by atoms with E-state index in [0.717, 1.165) is 19.4 Å². The van der Waals surface area contributed by atoms with Gasteiger partial charge in [0, 0.05) is 13.0 Å². The largest absolute Gasteiger partial charge is 0.480 e. The summed E-state index contributed by atoms with van der Waals surface area (Å²) >= 11 is 0. The van der Waals surface area contributed by atoms with E-state index in [1.807, 2.05) is 6.92 Å². The second-order valence-corrected chi connectivity index (χ2v) is 4.87. The third-order valence-electron chi connectivity index (χ3n) is 3.00. The van der Waals surface area contributed by atoms with Crippen LogP contribution in [0.3, 0.4) is 0 Å². The highest BCUT2D eigenvalue weighted by Crippen LogP contribution is 2.28. The Kier molecular flexibility index (Phi) is 6.72. The van der Waals surface area contributed by atoms with E-state index in [9.17, 15) is 9.59 Å². The van der Waals surface area contributed by atoms with E-state index in [4.69, 9.17) is 9.84 Å². The number of amides is 1. The summed E-state index contributed by atoms with van der Waals surface area (Å²) in [6, 6.07) is -0.763. The SMILES string of the molecule is CCCC[C@H](NC(=O)CCOCC1CC1)C(=O)O. The number of carbonyl (C=O) groups excluding carboxylic acids is 1. The van der Waals surface area contributed by atoms with Gasteiger partial charge in [0.1, 0.15) is 6.04 Å². The van der Waals surface area contributed by atoms with Crippen molar-refractivity contribution in [2.45, 2.75) is 51.5 Å². The first-order chi connectivity index (χ1) is 8.63. The molecule has 18 heavy (non-hydrogen) atoms. The molecule has 0 aliphatic heterocycles. The molecule has 0 unspecified atom stereocenters. The zero-order valence-electron chi connectivity index (χ0n) is 11.0. The highest BCUT2D eigenvalue weighted by Gasteiger charge is 2.22. The third-order valence-corrected chi connectivity index (χ3v) is 3.00. The van der Waals surface area contributed by atoms with Gasteiger partial charge in [-0.3, -0.25) is 4.79 Å². The van der Waals surface area contributed by atoms with Gasteiger partial charge >= 0.3 is 5.97 Å². The lowest BCUT2D eigenvalue weighted by Gasteiger charge is -2.14. The molecule has 0 bridgehead atoms. The summed E-state index contributed by atoms with van der Waals surface area (Å²) in [7, 11) is 0. The van der Waals surface area contributed by atoms with Crippen molar-refractivity contribution in [3.05, 3.63) is 0 Å². The van der Waals surface area contributed by atoms with Crippen molar-refractivity contribution in [2.24, 2.45) is 5.92 Å². The molecule has 0 aromatic carbocycles. The topological polar surface area (TPSA) is 75.6 Å². The Balaban J connectivity index is 2.11. The van der Waals surface area contributed by atoms with E-state index < -0.39 is 12.0 Å². The molecule has 1 atom stereocenters. The Labute approximate surface area is 108 Å². The molecule has 1 fully saturated rings. The zero-order valence-corrected chi connectivity index (χ0v) is 11.0. The summed E-state index contributed by atoms with van der Waals surface area (Å²) in [5, 5.41) is 11.5. The quantitative estimate of drug-likeness (QED) is 0.582. The molecule has 0 aromatic rings. The minimum atomic E-state index is -0.962. The molecule has 0 aromatic heterocycles. The van der Waals surface area contributed by atoms with Gasteiger partial charge in [0.15, 0.2) is 0 Å². The van der Waals surface area contributed by atoms with Crippen LogP contribution < -0.4 is 5.32 Å². The lowest BCUT2D eigenvalue weighted by Crippen LogP contribution is -2.41. The summed E-state index contributed by atoms with van der Waals surface area (Å²) in [5.41, 5.74) is 0. The molecule has 1 rings (SSSR count). The number of hydrogen-bond donors (Lipinski definition) is 2. The number of carbonyl (C=O) groups is 2. The minimum Gasteiger partial charge on any atom is -0.480 e. The Morgan fingerprint density at radius 3 is 2.72 bits per heavy atom. The number of nitrogens with one attached hydrogen (secondary N) is 1. The third kappa shape index (κ3) is 6.59. The van der Waals surface area contributed by atoms with Crippen molar-refractivity contribution in [3.63, 3.8) is 0 Å². The fourth-order valence-electron chi connectivity index (χ4n) is 1.63. The van der Waals surface area contributed by atoms with Crippen LogP contribution in [0.15, 0.2) is 0 Å². The molecule has 0 radical (unpaired) electrons. The monoisotopic (exact) mass is 257 g/mol. The summed E-state index contributed by atoms with van der Waals surface area (Å²) in [6.45, 7) is 3.10. The predicted octanol–water partition coefficient (Wildman–Crippen LogP) is 1.56. The highest BCUT2D eigenvalue weighted by atomic mass is 16.5. The minimum absolute atomic E-state index is 0.239. The summed E-state index contributed by atoms with van der Waals surface area (Å²) in [4.78, 5) is 22.4. The van der Waals surface area contributed by atoms with Gasteiger partial charge in [-0.1, -0.05) is 19.8 Å². The summed E-state index contributed by atoms with van der Waals surface area (Å²) in [5.74, 6) is -0.519. The van der Waals surface area contributed by atoms with E-state index in [1.165, 1.54) is 12.8 Å². The molecule has 1 amide bonds. The molecule has 5 heteroatoms. The number of carboxylic acid groups (broad SMARTS) is 1. The van der Waals surface area contributed by atoms with E-state index in [1.54, 1.807) is 0 Å². The summed E-state index contributed by atoms with van der Waals surface area (Å²) in [6.07, 6.45) is 4.90. The second kappa shape index (κ2) is 8.08. The van der Waals surface area contributed by atoms with Gasteiger partial charge in [-0.15, -0.1) is 0 Å². The van der Waals surface area contributed by atoms with E-state index in [0.29, 0.717) is 18.9 Å². The maximum atomic E-state index is 11.5. The van der Waals surface area contributed by atoms with Gasteiger partial charge in [0.2, 0.25) is 5.91 Å². The molecule has 1 aliphatic carbocycles. The molecule has 2 N–H and O–H groups in total. The Hall–Kier alpha value is -1.10. The predicted molar refractivity (Wildman–Crippen MR) is 67.3 cm³/mol. The smallest absolute Gasteiger partial charge is 0.326 e. The Bertz CT molecular complexity index is 276. The zero-order chi connectivity index (χ0) is 13.4. The molecule has 0 spiro atoms. The van der Waals surface area contributed by atoms with Gasteiger partial charge in [-0.25, -0.2) is 4.79 Å². The number of rotatable bonds is 10. The van der Waals surface area contributed by atoms with Crippen LogP contribution >= 0.6 is 0 Å². The average Bonchev–Trinajstić information content (AvgIpc) is 3.13. The first kappa shape index (κ1) is 15.0. The van der Waals surface area contributed by atoms with E-state index >= 15 is 0 Å². The van der Waals surface area contributed by atoms with Crippen LogP contribution in [-0.4, -0.2) is 36.2 Å². The number of aliphatic carboxylic acids is 1. The molecular weight excluding hydrogens is 234 g/mol. The molecule has 104 valence electrons. The van der Waals surface area contributed by atoms with Gasteiger partial charge in [-0.05, 0) is 25.2 Å². The second-order valence-electron chi connectivity index (χ2n) is 4.87. The van der Waals surface area contributed by atoms with Crippen molar-refractivity contribution in [1.82, 2.24) is 5.32 Å². The van der Waals surface area contributed by atoms with Gasteiger partial charge in [0.05, 0.1) is 6.61 Å². The number of carboxylic acids is 1. The molecule has 1 aliphatic rings. The number of ether oxygens (including phenoxy) is 1. The standard InChI is InChI=1S/C13H23NO4/c1-2-3-4-11(13(16)17)14-12(15)7-8-18-9-10-5-6-10/h10-11H,2-9H2,1H3,(H,14,15)(H,16,17)/t11-/m0/s1. The molecule has 1 saturated carbocycles. The fraction of sp³-hybridized carbons (Fsp3) is 0.846. The van der Waals surface area contributed by atoms with Crippen LogP contribution in [0.2, 0.25) is 0 Å². The number of hydrogen-bond acceptors (Lipinski definition) is 3. The van der Waals surface area contributed by atoms with Crippen LogP contribution in [0.4, 0.5) is 0 Å². The number of unbranched alkanes of at least 4 members (excludes halogenated alkanes) is 1. The first-order valence-corrected chi connectivity index (χ1v) is 6.73.